The molecule has 88 heavy (non-hydrogen) atoms. The standard InChI is InChI=1S/C77H143NO10/c1-4-7-10-13-16-19-22-25-27-29-31-33-35-37-38-40-42-44-46-49-52-55-58-61-64-70(81)76(85)78-68(69(80)63-60-57-54-51-48-24-21-18-15-12-9-6-3)67-86-77-75(74(84)73(83)71(66-79)87-77)88-72(82)65-62-59-56-53-50-47-45-43-41-39-36-34-32-30-28-26-23-20-17-14-11-8-5-2/h16,19,25,27,31,33,60,63,68-71,73-75,77,79-81,83-84H,4-15,17-18,20-24,26,28-30,32,34-59,61-62,64-67H2,1-3H3,(H,78,85)/b19-16-,27-25-,33-31-,63-60+. The van der Waals surface area contributed by atoms with Crippen LogP contribution < -0.4 is 5.32 Å². The summed E-state index contributed by atoms with van der Waals surface area (Å²) in [6.45, 7) is 5.82. The number of unbranched alkanes of at least 4 members (excludes halogenated alkanes) is 46. The van der Waals surface area contributed by atoms with Gasteiger partial charge in [0.05, 0.1) is 25.4 Å². The summed E-state index contributed by atoms with van der Waals surface area (Å²) < 4.78 is 17.7. The summed E-state index contributed by atoms with van der Waals surface area (Å²) in [4.78, 5) is 26.7. The predicted molar refractivity (Wildman–Crippen MR) is 370 cm³/mol. The zero-order valence-corrected chi connectivity index (χ0v) is 57.6. The van der Waals surface area contributed by atoms with E-state index < -0.39 is 67.4 Å². The lowest BCUT2D eigenvalue weighted by molar-refractivity contribution is -0.305. The molecule has 1 amide bonds. The highest BCUT2D eigenvalue weighted by atomic mass is 16.7. The van der Waals surface area contributed by atoms with E-state index in [4.69, 9.17) is 14.2 Å². The maximum Gasteiger partial charge on any atom is 0.306 e. The summed E-state index contributed by atoms with van der Waals surface area (Å²) in [5.74, 6) is -1.18. The van der Waals surface area contributed by atoms with E-state index in [-0.39, 0.29) is 13.0 Å². The van der Waals surface area contributed by atoms with E-state index in [1.807, 2.05) is 6.08 Å². The summed E-state index contributed by atoms with van der Waals surface area (Å²) in [6.07, 6.45) is 71.6. The lowest BCUT2D eigenvalue weighted by Gasteiger charge is -2.41. The van der Waals surface area contributed by atoms with Gasteiger partial charge in [0, 0.05) is 6.42 Å². The number of rotatable bonds is 66. The van der Waals surface area contributed by atoms with Gasteiger partial charge in [0.2, 0.25) is 5.91 Å². The van der Waals surface area contributed by atoms with Gasteiger partial charge in [0.25, 0.3) is 0 Å². The van der Waals surface area contributed by atoms with E-state index >= 15 is 0 Å². The third-order valence-corrected chi connectivity index (χ3v) is 18.0. The summed E-state index contributed by atoms with van der Waals surface area (Å²) in [5, 5.41) is 57.3. The minimum Gasteiger partial charge on any atom is -0.454 e. The number of hydrogen-bond donors (Lipinski definition) is 6. The average Bonchev–Trinajstić information content (AvgIpc) is 3.72. The van der Waals surface area contributed by atoms with Crippen molar-refractivity contribution in [3.8, 4) is 0 Å². The van der Waals surface area contributed by atoms with Gasteiger partial charge < -0.3 is 45.1 Å². The Morgan fingerprint density at radius 1 is 0.443 bits per heavy atom. The van der Waals surface area contributed by atoms with Crippen LogP contribution in [0, 0.1) is 0 Å². The Morgan fingerprint density at radius 2 is 0.784 bits per heavy atom. The highest BCUT2D eigenvalue weighted by Gasteiger charge is 2.47. The van der Waals surface area contributed by atoms with Gasteiger partial charge in [0.15, 0.2) is 12.4 Å². The van der Waals surface area contributed by atoms with Gasteiger partial charge in [-0.25, -0.2) is 0 Å². The fourth-order valence-electron chi connectivity index (χ4n) is 12.0. The van der Waals surface area contributed by atoms with Crippen molar-refractivity contribution >= 4 is 11.9 Å². The first kappa shape index (κ1) is 83.6. The van der Waals surface area contributed by atoms with Gasteiger partial charge in [-0.05, 0) is 64.2 Å². The topological polar surface area (TPSA) is 175 Å². The van der Waals surface area contributed by atoms with Crippen LogP contribution in [0.4, 0.5) is 0 Å². The van der Waals surface area contributed by atoms with Crippen LogP contribution in [-0.4, -0.2) is 99.6 Å². The van der Waals surface area contributed by atoms with Crippen LogP contribution in [0.5, 0.6) is 0 Å². The van der Waals surface area contributed by atoms with Crippen LogP contribution in [0.25, 0.3) is 0 Å². The molecule has 11 heteroatoms. The van der Waals surface area contributed by atoms with Crippen molar-refractivity contribution in [1.29, 1.82) is 0 Å². The highest BCUT2D eigenvalue weighted by molar-refractivity contribution is 5.80. The molecular weight excluding hydrogens is 1100 g/mol. The number of hydrogen-bond acceptors (Lipinski definition) is 10. The zero-order chi connectivity index (χ0) is 63.9. The molecule has 0 spiro atoms. The van der Waals surface area contributed by atoms with Crippen LogP contribution >= 0.6 is 0 Å². The maximum atomic E-state index is 13.5. The van der Waals surface area contributed by atoms with Gasteiger partial charge >= 0.3 is 5.97 Å². The first-order valence-electron chi connectivity index (χ1n) is 37.9. The van der Waals surface area contributed by atoms with E-state index in [0.717, 1.165) is 77.0 Å². The number of nitrogens with one attached hydrogen (secondary N) is 1. The van der Waals surface area contributed by atoms with Gasteiger partial charge in [0.1, 0.15) is 24.4 Å². The normalized spacial score (nSPS) is 18.4. The van der Waals surface area contributed by atoms with Crippen molar-refractivity contribution in [3.63, 3.8) is 0 Å². The second-order valence-corrected chi connectivity index (χ2v) is 26.4. The highest BCUT2D eigenvalue weighted by Crippen LogP contribution is 2.27. The molecule has 516 valence electrons. The van der Waals surface area contributed by atoms with E-state index in [1.165, 1.54) is 244 Å². The molecule has 1 fully saturated rings. The molecule has 0 aromatic carbocycles. The summed E-state index contributed by atoms with van der Waals surface area (Å²) >= 11 is 0. The summed E-state index contributed by atoms with van der Waals surface area (Å²) in [7, 11) is 0. The molecule has 0 aliphatic carbocycles. The van der Waals surface area contributed by atoms with Gasteiger partial charge in [-0.2, -0.15) is 0 Å². The van der Waals surface area contributed by atoms with E-state index in [0.29, 0.717) is 19.3 Å². The lowest BCUT2D eigenvalue weighted by Crippen LogP contribution is -2.61. The van der Waals surface area contributed by atoms with Crippen molar-refractivity contribution < 1.29 is 49.3 Å². The Kier molecular flexibility index (Phi) is 61.5. The number of amides is 1. The molecular formula is C77H143NO10. The molecule has 8 unspecified atom stereocenters. The van der Waals surface area contributed by atoms with Crippen molar-refractivity contribution in [2.45, 2.75) is 416 Å². The Morgan fingerprint density at radius 3 is 1.19 bits per heavy atom. The number of esters is 1. The number of aliphatic hydroxyl groups is 5. The number of carbonyl (C=O) groups is 2. The van der Waals surface area contributed by atoms with Crippen molar-refractivity contribution in [2.75, 3.05) is 13.2 Å². The van der Waals surface area contributed by atoms with Crippen LogP contribution in [0.2, 0.25) is 0 Å². The first-order valence-corrected chi connectivity index (χ1v) is 37.9. The summed E-state index contributed by atoms with van der Waals surface area (Å²) in [6, 6.07) is -1.02. The fraction of sp³-hybridized carbons (Fsp3) is 0.870. The lowest BCUT2D eigenvalue weighted by atomic mass is 9.99. The van der Waals surface area contributed by atoms with E-state index in [2.05, 4.69) is 62.5 Å². The number of ether oxygens (including phenoxy) is 3. The SMILES string of the molecule is CCCCC/C=C\C/C=C\C/C=C\CCCCCCCCCCCCCC(O)C(=O)NC(COC1OC(CO)C(O)C(O)C1OC(=O)CCCCCCCCCCCCCCCCCCCCCCCCC)C(O)/C=C/CCCCCCCCCCCC. The molecule has 0 saturated carbocycles. The fourth-order valence-corrected chi connectivity index (χ4v) is 12.0. The molecule has 0 radical (unpaired) electrons. The van der Waals surface area contributed by atoms with Gasteiger partial charge in [-0.3, -0.25) is 9.59 Å². The second kappa shape index (κ2) is 64.7. The molecule has 1 heterocycles. The predicted octanol–water partition coefficient (Wildman–Crippen LogP) is 19.9. The maximum absolute atomic E-state index is 13.5. The van der Waals surface area contributed by atoms with Crippen LogP contribution in [0.15, 0.2) is 48.6 Å². The molecule has 1 aliphatic rings. The quantitative estimate of drug-likeness (QED) is 0.0195. The Hall–Kier alpha value is -2.38. The molecule has 0 aromatic rings. The Bertz CT molecular complexity index is 1620. The molecule has 1 aliphatic heterocycles. The Labute approximate surface area is 542 Å². The van der Waals surface area contributed by atoms with E-state index in [9.17, 15) is 35.1 Å². The minimum atomic E-state index is -1.61. The third-order valence-electron chi connectivity index (χ3n) is 18.0. The molecule has 1 rings (SSSR count). The largest absolute Gasteiger partial charge is 0.454 e. The van der Waals surface area contributed by atoms with Crippen molar-refractivity contribution in [3.05, 3.63) is 48.6 Å². The molecule has 0 bridgehead atoms. The molecule has 0 aromatic heterocycles. The smallest absolute Gasteiger partial charge is 0.306 e. The minimum absolute atomic E-state index is 0.129. The monoisotopic (exact) mass is 1240 g/mol. The van der Waals surface area contributed by atoms with Gasteiger partial charge in [-0.15, -0.1) is 0 Å². The van der Waals surface area contributed by atoms with Gasteiger partial charge in [-0.1, -0.05) is 345 Å². The molecule has 8 atom stereocenters. The third kappa shape index (κ3) is 51.2. The van der Waals surface area contributed by atoms with Crippen LogP contribution in [0.3, 0.4) is 0 Å². The molecule has 6 N–H and O–H groups in total. The second-order valence-electron chi connectivity index (χ2n) is 26.4. The number of aliphatic hydroxyl groups excluding tert-OH is 5. The van der Waals surface area contributed by atoms with Crippen LogP contribution in [0.1, 0.15) is 367 Å². The van der Waals surface area contributed by atoms with Crippen molar-refractivity contribution in [1.82, 2.24) is 5.32 Å². The first-order chi connectivity index (χ1) is 43.2. The Balaban J connectivity index is 2.53. The van der Waals surface area contributed by atoms with E-state index in [1.54, 1.807) is 6.08 Å². The zero-order valence-electron chi connectivity index (χ0n) is 57.6. The molecule has 1 saturated heterocycles. The average molecular weight is 1240 g/mol. The number of allylic oxidation sites excluding steroid dienone is 7. The number of carbonyl (C=O) groups excluding carboxylic acids is 2. The summed E-state index contributed by atoms with van der Waals surface area (Å²) in [5.41, 5.74) is 0. The van der Waals surface area contributed by atoms with Crippen molar-refractivity contribution in [2.24, 2.45) is 0 Å². The molecule has 11 nitrogen and oxygen atoms in total. The van der Waals surface area contributed by atoms with Crippen LogP contribution in [-0.2, 0) is 23.8 Å².